The monoisotopic (exact) mass is 382 g/mol. The average molecular weight is 382 g/mol. The van der Waals surface area contributed by atoms with Crippen LogP contribution in [0.25, 0.3) is 5.69 Å². The van der Waals surface area contributed by atoms with Crippen LogP contribution in [0.2, 0.25) is 0 Å². The van der Waals surface area contributed by atoms with Gasteiger partial charge in [0, 0.05) is 5.69 Å². The second-order valence-electron chi connectivity index (χ2n) is 6.12. The molecule has 140 valence electrons. The largest absolute Gasteiger partial charge is 0.492 e. The fraction of sp³-hybridized carbons (Fsp3) is 0.250. The van der Waals surface area contributed by atoms with E-state index < -0.39 is 0 Å². The van der Waals surface area contributed by atoms with Gasteiger partial charge in [-0.1, -0.05) is 41.6 Å². The summed E-state index contributed by atoms with van der Waals surface area (Å²) in [5.41, 5.74) is 3.30. The molecule has 0 spiro atoms. The molecule has 3 rings (SSSR count). The number of aryl methyl sites for hydroxylation is 2. The fourth-order valence-electron chi connectivity index (χ4n) is 2.45. The highest BCUT2D eigenvalue weighted by Gasteiger charge is 2.10. The zero-order chi connectivity index (χ0) is 19.1. The number of nitrogens with zero attached hydrogens (tertiary/aromatic N) is 3. The first-order valence-electron chi connectivity index (χ1n) is 8.68. The molecule has 0 radical (unpaired) electrons. The van der Waals surface area contributed by atoms with Crippen molar-refractivity contribution < 1.29 is 9.53 Å². The van der Waals surface area contributed by atoms with E-state index in [-0.39, 0.29) is 11.7 Å². The summed E-state index contributed by atoms with van der Waals surface area (Å²) >= 11 is 1.35. The normalized spacial score (nSPS) is 10.6. The SMILES string of the molecule is Cc1ccc(-n2cnnc2SCC(=O)NCCOc2cccc(C)c2)cc1. The summed E-state index contributed by atoms with van der Waals surface area (Å²) in [5, 5.41) is 11.6. The predicted molar refractivity (Wildman–Crippen MR) is 107 cm³/mol. The van der Waals surface area contributed by atoms with E-state index in [4.69, 9.17) is 4.74 Å². The highest BCUT2D eigenvalue weighted by molar-refractivity contribution is 7.99. The van der Waals surface area contributed by atoms with Gasteiger partial charge in [0.25, 0.3) is 0 Å². The van der Waals surface area contributed by atoms with Gasteiger partial charge in [-0.3, -0.25) is 9.36 Å². The fourth-order valence-corrected chi connectivity index (χ4v) is 3.21. The molecule has 27 heavy (non-hydrogen) atoms. The molecule has 0 saturated carbocycles. The molecule has 6 nitrogen and oxygen atoms in total. The van der Waals surface area contributed by atoms with Crippen molar-refractivity contribution in [3.05, 3.63) is 66.0 Å². The van der Waals surface area contributed by atoms with Gasteiger partial charge in [-0.25, -0.2) is 0 Å². The summed E-state index contributed by atoms with van der Waals surface area (Å²) in [6.45, 7) is 4.94. The summed E-state index contributed by atoms with van der Waals surface area (Å²) in [5.74, 6) is 1.02. The minimum absolute atomic E-state index is 0.0636. The smallest absolute Gasteiger partial charge is 0.230 e. The molecule has 0 atom stereocenters. The standard InChI is InChI=1S/C20H22N4O2S/c1-15-6-8-17(9-7-15)24-14-22-23-20(24)27-13-19(25)21-10-11-26-18-5-3-4-16(2)12-18/h3-9,12,14H,10-11,13H2,1-2H3,(H,21,25). The highest BCUT2D eigenvalue weighted by Crippen LogP contribution is 2.19. The Morgan fingerprint density at radius 3 is 2.74 bits per heavy atom. The van der Waals surface area contributed by atoms with E-state index in [0.29, 0.717) is 18.3 Å². The molecule has 7 heteroatoms. The molecular weight excluding hydrogens is 360 g/mol. The number of carbonyl (C=O) groups is 1. The Balaban J connectivity index is 1.43. The minimum Gasteiger partial charge on any atom is -0.492 e. The van der Waals surface area contributed by atoms with Gasteiger partial charge in [0.2, 0.25) is 5.91 Å². The number of rotatable bonds is 8. The summed E-state index contributed by atoms with van der Waals surface area (Å²) in [6, 6.07) is 15.9. The van der Waals surface area contributed by atoms with Crippen LogP contribution in [0.1, 0.15) is 11.1 Å². The summed E-state index contributed by atoms with van der Waals surface area (Å²) < 4.78 is 7.50. The second kappa shape index (κ2) is 9.23. The summed E-state index contributed by atoms with van der Waals surface area (Å²) in [7, 11) is 0. The lowest BCUT2D eigenvalue weighted by molar-refractivity contribution is -0.118. The topological polar surface area (TPSA) is 69.0 Å². The van der Waals surface area contributed by atoms with Crippen molar-refractivity contribution in [2.45, 2.75) is 19.0 Å². The number of hydrogen-bond donors (Lipinski definition) is 1. The molecule has 0 bridgehead atoms. The van der Waals surface area contributed by atoms with Gasteiger partial charge in [-0.2, -0.15) is 0 Å². The second-order valence-corrected chi connectivity index (χ2v) is 7.07. The maximum Gasteiger partial charge on any atom is 0.230 e. The van der Waals surface area contributed by atoms with E-state index in [1.807, 2.05) is 66.9 Å². The van der Waals surface area contributed by atoms with Crippen LogP contribution >= 0.6 is 11.8 Å². The Labute approximate surface area is 163 Å². The zero-order valence-corrected chi connectivity index (χ0v) is 16.2. The highest BCUT2D eigenvalue weighted by atomic mass is 32.2. The quantitative estimate of drug-likeness (QED) is 0.479. The molecule has 0 aliphatic heterocycles. The lowest BCUT2D eigenvalue weighted by Crippen LogP contribution is -2.29. The number of hydrogen-bond acceptors (Lipinski definition) is 5. The molecule has 0 fully saturated rings. The van der Waals surface area contributed by atoms with Gasteiger partial charge < -0.3 is 10.1 Å². The van der Waals surface area contributed by atoms with Crippen molar-refractivity contribution in [1.29, 1.82) is 0 Å². The summed E-state index contributed by atoms with van der Waals surface area (Å²) in [6.07, 6.45) is 1.65. The Bertz CT molecular complexity index is 893. The third-order valence-electron chi connectivity index (χ3n) is 3.84. The third-order valence-corrected chi connectivity index (χ3v) is 4.79. The van der Waals surface area contributed by atoms with E-state index in [1.165, 1.54) is 17.3 Å². The molecule has 1 heterocycles. The lowest BCUT2D eigenvalue weighted by atomic mass is 10.2. The Morgan fingerprint density at radius 1 is 1.15 bits per heavy atom. The number of benzene rings is 2. The molecule has 1 aromatic heterocycles. The maximum absolute atomic E-state index is 12.1. The van der Waals surface area contributed by atoms with Crippen LogP contribution in [-0.4, -0.2) is 39.6 Å². The first-order valence-corrected chi connectivity index (χ1v) is 9.66. The average Bonchev–Trinajstić information content (AvgIpc) is 3.13. The number of carbonyl (C=O) groups excluding carboxylic acids is 1. The number of amides is 1. The molecule has 0 unspecified atom stereocenters. The number of aromatic nitrogens is 3. The predicted octanol–water partition coefficient (Wildman–Crippen LogP) is 3.17. The maximum atomic E-state index is 12.1. The third kappa shape index (κ3) is 5.59. The van der Waals surface area contributed by atoms with E-state index >= 15 is 0 Å². The van der Waals surface area contributed by atoms with Gasteiger partial charge in [0.05, 0.1) is 12.3 Å². The van der Waals surface area contributed by atoms with Crippen LogP contribution in [0.3, 0.4) is 0 Å². The van der Waals surface area contributed by atoms with E-state index in [1.54, 1.807) is 6.33 Å². The molecule has 0 aliphatic carbocycles. The first-order chi connectivity index (χ1) is 13.1. The van der Waals surface area contributed by atoms with Crippen molar-refractivity contribution in [3.63, 3.8) is 0 Å². The van der Waals surface area contributed by atoms with Crippen LogP contribution in [0.4, 0.5) is 0 Å². The van der Waals surface area contributed by atoms with Crippen LogP contribution in [0, 0.1) is 13.8 Å². The molecule has 2 aromatic carbocycles. The van der Waals surface area contributed by atoms with Gasteiger partial charge in [0.1, 0.15) is 18.7 Å². The van der Waals surface area contributed by atoms with Crippen LogP contribution in [-0.2, 0) is 4.79 Å². The van der Waals surface area contributed by atoms with Gasteiger partial charge >= 0.3 is 0 Å². The molecule has 3 aromatic rings. The number of thioether (sulfide) groups is 1. The van der Waals surface area contributed by atoms with Crippen LogP contribution < -0.4 is 10.1 Å². The van der Waals surface area contributed by atoms with Crippen LogP contribution in [0.5, 0.6) is 5.75 Å². The van der Waals surface area contributed by atoms with Crippen molar-refractivity contribution in [1.82, 2.24) is 20.1 Å². The molecule has 0 aliphatic rings. The van der Waals surface area contributed by atoms with Gasteiger partial charge in [-0.05, 0) is 43.7 Å². The van der Waals surface area contributed by atoms with Crippen molar-refractivity contribution in [2.75, 3.05) is 18.9 Å². The lowest BCUT2D eigenvalue weighted by Gasteiger charge is -2.09. The van der Waals surface area contributed by atoms with Crippen molar-refractivity contribution >= 4 is 17.7 Å². The molecule has 0 saturated heterocycles. The Morgan fingerprint density at radius 2 is 1.96 bits per heavy atom. The minimum atomic E-state index is -0.0636. The molecule has 1 N–H and O–H groups in total. The van der Waals surface area contributed by atoms with Gasteiger partial charge in [-0.15, -0.1) is 10.2 Å². The zero-order valence-electron chi connectivity index (χ0n) is 15.4. The van der Waals surface area contributed by atoms with E-state index in [2.05, 4.69) is 15.5 Å². The van der Waals surface area contributed by atoms with Crippen molar-refractivity contribution in [3.8, 4) is 11.4 Å². The molecule has 1 amide bonds. The van der Waals surface area contributed by atoms with Crippen molar-refractivity contribution in [2.24, 2.45) is 0 Å². The van der Waals surface area contributed by atoms with Crippen LogP contribution in [0.15, 0.2) is 60.0 Å². The summed E-state index contributed by atoms with van der Waals surface area (Å²) in [4.78, 5) is 12.1. The van der Waals surface area contributed by atoms with Gasteiger partial charge in [0.15, 0.2) is 5.16 Å². The molecular formula is C20H22N4O2S. The van der Waals surface area contributed by atoms with E-state index in [9.17, 15) is 4.79 Å². The van der Waals surface area contributed by atoms with E-state index in [0.717, 1.165) is 17.0 Å². The number of nitrogens with one attached hydrogen (secondary N) is 1. The Hall–Kier alpha value is -2.80. The number of ether oxygens (including phenoxy) is 1. The first kappa shape index (κ1) is 19.0. The Kier molecular flexibility index (Phi) is 6.49.